The van der Waals surface area contributed by atoms with Crippen molar-refractivity contribution in [3.63, 3.8) is 0 Å². The molecule has 0 amide bonds. The molecular formula is C16H18N4O. The zero-order valence-electron chi connectivity index (χ0n) is 12.2. The highest BCUT2D eigenvalue weighted by Crippen LogP contribution is 2.20. The second-order valence-corrected chi connectivity index (χ2v) is 4.99. The van der Waals surface area contributed by atoms with Gasteiger partial charge in [0, 0.05) is 29.9 Å². The fourth-order valence-corrected chi connectivity index (χ4v) is 1.99. The molecule has 0 radical (unpaired) electrons. The van der Waals surface area contributed by atoms with Crippen LogP contribution in [0.4, 0.5) is 0 Å². The standard InChI is InChI=1S/C16H18N4O/c1-11(18)8-14-16(6-5-12(2)20-14)21-10-13-4-3-7-19-15(13)9-17/h3-7,11H,8,10,18H2,1-2H3. The Morgan fingerprint density at radius 2 is 2.19 bits per heavy atom. The second-order valence-electron chi connectivity index (χ2n) is 4.99. The van der Waals surface area contributed by atoms with E-state index in [1.165, 1.54) is 0 Å². The van der Waals surface area contributed by atoms with Crippen LogP contribution in [-0.2, 0) is 13.0 Å². The summed E-state index contributed by atoms with van der Waals surface area (Å²) in [5.74, 6) is 0.700. The number of hydrogen-bond donors (Lipinski definition) is 1. The highest BCUT2D eigenvalue weighted by atomic mass is 16.5. The van der Waals surface area contributed by atoms with E-state index in [0.29, 0.717) is 17.9 Å². The quantitative estimate of drug-likeness (QED) is 0.908. The fraction of sp³-hybridized carbons (Fsp3) is 0.312. The molecule has 21 heavy (non-hydrogen) atoms. The van der Waals surface area contributed by atoms with Gasteiger partial charge in [0.1, 0.15) is 24.1 Å². The summed E-state index contributed by atoms with van der Waals surface area (Å²) in [5.41, 5.74) is 8.75. The van der Waals surface area contributed by atoms with E-state index in [0.717, 1.165) is 17.0 Å². The maximum absolute atomic E-state index is 9.03. The van der Waals surface area contributed by atoms with Crippen molar-refractivity contribution < 1.29 is 4.74 Å². The zero-order valence-corrected chi connectivity index (χ0v) is 12.2. The van der Waals surface area contributed by atoms with E-state index in [1.807, 2.05) is 32.0 Å². The SMILES string of the molecule is Cc1ccc(OCc2cccnc2C#N)c(CC(C)N)n1. The van der Waals surface area contributed by atoms with E-state index in [4.69, 9.17) is 15.7 Å². The van der Waals surface area contributed by atoms with Gasteiger partial charge in [-0.3, -0.25) is 4.98 Å². The van der Waals surface area contributed by atoms with Crippen LogP contribution in [0, 0.1) is 18.3 Å². The number of hydrogen-bond acceptors (Lipinski definition) is 5. The van der Waals surface area contributed by atoms with E-state index in [9.17, 15) is 0 Å². The molecule has 2 N–H and O–H groups in total. The molecule has 108 valence electrons. The number of nitrogens with two attached hydrogens (primary N) is 1. The monoisotopic (exact) mass is 282 g/mol. The van der Waals surface area contributed by atoms with Gasteiger partial charge in [0.05, 0.1) is 5.69 Å². The molecule has 0 aromatic carbocycles. The molecule has 2 aromatic heterocycles. The lowest BCUT2D eigenvalue weighted by Gasteiger charge is -2.13. The van der Waals surface area contributed by atoms with Crippen LogP contribution < -0.4 is 10.5 Å². The molecule has 2 rings (SSSR count). The Bertz CT molecular complexity index is 662. The van der Waals surface area contributed by atoms with Crippen LogP contribution >= 0.6 is 0 Å². The Kier molecular flexibility index (Phi) is 4.85. The summed E-state index contributed by atoms with van der Waals surface area (Å²) >= 11 is 0. The smallest absolute Gasteiger partial charge is 0.147 e. The third kappa shape index (κ3) is 4.01. The van der Waals surface area contributed by atoms with Crippen molar-refractivity contribution in [1.29, 1.82) is 5.26 Å². The molecule has 0 aliphatic heterocycles. The second kappa shape index (κ2) is 6.82. The van der Waals surface area contributed by atoms with Crippen molar-refractivity contribution in [2.75, 3.05) is 0 Å². The van der Waals surface area contributed by atoms with Crippen LogP contribution in [0.2, 0.25) is 0 Å². The van der Waals surface area contributed by atoms with Gasteiger partial charge >= 0.3 is 0 Å². The molecule has 0 fully saturated rings. The molecule has 1 atom stereocenters. The van der Waals surface area contributed by atoms with Crippen LogP contribution in [0.1, 0.15) is 29.6 Å². The summed E-state index contributed by atoms with van der Waals surface area (Å²) < 4.78 is 5.81. The van der Waals surface area contributed by atoms with Crippen molar-refractivity contribution >= 4 is 0 Å². The average molecular weight is 282 g/mol. The first kappa shape index (κ1) is 14.9. The lowest BCUT2D eigenvalue weighted by Crippen LogP contribution is -2.19. The molecule has 0 bridgehead atoms. The molecule has 2 aromatic rings. The fourth-order valence-electron chi connectivity index (χ4n) is 1.99. The van der Waals surface area contributed by atoms with Gasteiger partial charge in [0.15, 0.2) is 0 Å². The number of nitriles is 1. The summed E-state index contributed by atoms with van der Waals surface area (Å²) in [7, 11) is 0. The predicted molar refractivity (Wildman–Crippen MR) is 79.6 cm³/mol. The molecule has 5 heteroatoms. The van der Waals surface area contributed by atoms with Crippen LogP contribution in [0.15, 0.2) is 30.5 Å². The molecule has 0 saturated heterocycles. The molecule has 1 unspecified atom stereocenters. The summed E-state index contributed by atoms with van der Waals surface area (Å²) in [5, 5.41) is 9.03. The normalized spacial score (nSPS) is 11.7. The molecule has 0 aliphatic carbocycles. The highest BCUT2D eigenvalue weighted by molar-refractivity contribution is 5.33. The summed E-state index contributed by atoms with van der Waals surface area (Å²) in [6.07, 6.45) is 2.24. The van der Waals surface area contributed by atoms with Crippen LogP contribution in [0.5, 0.6) is 5.75 Å². The van der Waals surface area contributed by atoms with Crippen molar-refractivity contribution in [2.45, 2.75) is 32.9 Å². The van der Waals surface area contributed by atoms with Gasteiger partial charge in [-0.25, -0.2) is 4.98 Å². The molecule has 5 nitrogen and oxygen atoms in total. The Balaban J connectivity index is 2.18. The number of ether oxygens (including phenoxy) is 1. The van der Waals surface area contributed by atoms with E-state index < -0.39 is 0 Å². The van der Waals surface area contributed by atoms with E-state index in [-0.39, 0.29) is 12.6 Å². The first-order valence-electron chi connectivity index (χ1n) is 6.79. The van der Waals surface area contributed by atoms with E-state index in [1.54, 1.807) is 12.3 Å². The van der Waals surface area contributed by atoms with Gasteiger partial charge in [-0.05, 0) is 32.0 Å². The Morgan fingerprint density at radius 3 is 2.90 bits per heavy atom. The predicted octanol–water partition coefficient (Wildman–Crippen LogP) is 2.13. The number of pyridine rings is 2. The minimum atomic E-state index is 0.00899. The third-order valence-corrected chi connectivity index (χ3v) is 2.97. The van der Waals surface area contributed by atoms with Crippen LogP contribution in [0.3, 0.4) is 0 Å². The van der Waals surface area contributed by atoms with Gasteiger partial charge in [-0.1, -0.05) is 6.07 Å². The highest BCUT2D eigenvalue weighted by Gasteiger charge is 2.10. The van der Waals surface area contributed by atoms with Gasteiger partial charge in [-0.2, -0.15) is 5.26 Å². The first-order chi connectivity index (χ1) is 10.1. The Hall–Kier alpha value is -2.45. The van der Waals surface area contributed by atoms with Gasteiger partial charge in [-0.15, -0.1) is 0 Å². The molecule has 2 heterocycles. The number of rotatable bonds is 5. The van der Waals surface area contributed by atoms with Crippen molar-refractivity contribution in [1.82, 2.24) is 9.97 Å². The van der Waals surface area contributed by atoms with Crippen molar-refractivity contribution in [3.05, 3.63) is 53.1 Å². The first-order valence-corrected chi connectivity index (χ1v) is 6.79. The van der Waals surface area contributed by atoms with Crippen LogP contribution in [-0.4, -0.2) is 16.0 Å². The molecular weight excluding hydrogens is 264 g/mol. The number of aromatic nitrogens is 2. The lowest BCUT2D eigenvalue weighted by molar-refractivity contribution is 0.299. The minimum absolute atomic E-state index is 0.00899. The molecule has 0 aliphatic rings. The van der Waals surface area contributed by atoms with Crippen molar-refractivity contribution in [3.8, 4) is 11.8 Å². The number of nitrogens with zero attached hydrogens (tertiary/aromatic N) is 3. The zero-order chi connectivity index (χ0) is 15.2. The van der Waals surface area contributed by atoms with Gasteiger partial charge in [0.2, 0.25) is 0 Å². The Morgan fingerprint density at radius 1 is 1.38 bits per heavy atom. The maximum atomic E-state index is 9.03. The van der Waals surface area contributed by atoms with E-state index in [2.05, 4.69) is 16.0 Å². The molecule has 0 spiro atoms. The number of aryl methyl sites for hydroxylation is 1. The van der Waals surface area contributed by atoms with E-state index >= 15 is 0 Å². The van der Waals surface area contributed by atoms with Gasteiger partial charge in [0.25, 0.3) is 0 Å². The largest absolute Gasteiger partial charge is 0.487 e. The van der Waals surface area contributed by atoms with Gasteiger partial charge < -0.3 is 10.5 Å². The summed E-state index contributed by atoms with van der Waals surface area (Å²) in [4.78, 5) is 8.50. The third-order valence-electron chi connectivity index (χ3n) is 2.97. The van der Waals surface area contributed by atoms with Crippen molar-refractivity contribution in [2.24, 2.45) is 5.73 Å². The topological polar surface area (TPSA) is 84.8 Å². The van der Waals surface area contributed by atoms with Crippen LogP contribution in [0.25, 0.3) is 0 Å². The lowest BCUT2D eigenvalue weighted by atomic mass is 10.1. The summed E-state index contributed by atoms with van der Waals surface area (Å²) in [6, 6.07) is 9.48. The molecule has 0 saturated carbocycles. The Labute approximate surface area is 124 Å². The average Bonchev–Trinajstić information content (AvgIpc) is 2.46. The minimum Gasteiger partial charge on any atom is -0.487 e. The maximum Gasteiger partial charge on any atom is 0.147 e. The summed E-state index contributed by atoms with van der Waals surface area (Å²) in [6.45, 7) is 4.15.